The van der Waals surface area contributed by atoms with Crippen LogP contribution in [0.3, 0.4) is 0 Å². The maximum Gasteiger partial charge on any atom is 0.0892 e. The van der Waals surface area contributed by atoms with Gasteiger partial charge in [0.25, 0.3) is 0 Å². The highest BCUT2D eigenvalue weighted by Gasteiger charge is 2.46. The van der Waals surface area contributed by atoms with Crippen LogP contribution >= 0.6 is 0 Å². The van der Waals surface area contributed by atoms with Crippen molar-refractivity contribution in [1.82, 2.24) is 0 Å². The van der Waals surface area contributed by atoms with Gasteiger partial charge in [0, 0.05) is 0 Å². The predicted octanol–water partition coefficient (Wildman–Crippen LogP) is 9.82. The molecule has 0 spiro atoms. The Hall–Kier alpha value is -1.34. The predicted molar refractivity (Wildman–Crippen MR) is 140 cm³/mol. The minimum absolute atomic E-state index is 0.132. The summed E-state index contributed by atoms with van der Waals surface area (Å²) in [5.41, 5.74) is 7.65. The molecule has 31 heavy (non-hydrogen) atoms. The molecule has 1 aliphatic heterocycles. The first kappa shape index (κ1) is 27.7. The van der Waals surface area contributed by atoms with Crippen LogP contribution in [0.5, 0.6) is 0 Å². The molecule has 1 saturated heterocycles. The van der Waals surface area contributed by atoms with E-state index in [0.29, 0.717) is 6.10 Å². The summed E-state index contributed by atoms with van der Waals surface area (Å²) in [6.07, 6.45) is 24.3. The zero-order valence-corrected chi connectivity index (χ0v) is 21.9. The van der Waals surface area contributed by atoms with Crippen molar-refractivity contribution in [3.05, 3.63) is 58.2 Å². The molecule has 1 heterocycles. The Bertz CT molecular complexity index is 677. The van der Waals surface area contributed by atoms with E-state index in [0.717, 1.165) is 12.8 Å². The maximum atomic E-state index is 5.68. The highest BCUT2D eigenvalue weighted by molar-refractivity contribution is 5.08. The lowest BCUT2D eigenvalue weighted by Gasteiger charge is -2.03. The molecule has 0 aliphatic carbocycles. The van der Waals surface area contributed by atoms with Crippen LogP contribution in [-0.4, -0.2) is 11.7 Å². The van der Waals surface area contributed by atoms with Crippen LogP contribution in [0.25, 0.3) is 0 Å². The van der Waals surface area contributed by atoms with Crippen LogP contribution in [-0.2, 0) is 4.74 Å². The number of hydrogen-bond acceptors (Lipinski definition) is 1. The van der Waals surface area contributed by atoms with Crippen LogP contribution in [0, 0.1) is 0 Å². The third kappa shape index (κ3) is 14.4. The zero-order chi connectivity index (χ0) is 23.3. The van der Waals surface area contributed by atoms with Gasteiger partial charge in [0.05, 0.1) is 11.7 Å². The van der Waals surface area contributed by atoms with Crippen molar-refractivity contribution >= 4 is 0 Å². The Labute approximate surface area is 194 Å². The van der Waals surface area contributed by atoms with Gasteiger partial charge >= 0.3 is 0 Å². The second kappa shape index (κ2) is 14.7. The first-order valence-electron chi connectivity index (χ1n) is 12.5. The van der Waals surface area contributed by atoms with E-state index >= 15 is 0 Å². The number of epoxide rings is 1. The fourth-order valence-corrected chi connectivity index (χ4v) is 3.85. The van der Waals surface area contributed by atoms with Crippen molar-refractivity contribution in [2.75, 3.05) is 0 Å². The van der Waals surface area contributed by atoms with Gasteiger partial charge in [-0.15, -0.1) is 0 Å². The quantitative estimate of drug-likeness (QED) is 0.144. The van der Waals surface area contributed by atoms with Crippen molar-refractivity contribution in [2.45, 2.75) is 131 Å². The molecule has 0 aromatic heterocycles. The molecule has 1 heteroatoms. The summed E-state index contributed by atoms with van der Waals surface area (Å²) in [6, 6.07) is 0. The molecule has 0 aromatic carbocycles. The Kier molecular flexibility index (Phi) is 13.1. The molecule has 0 N–H and O–H groups in total. The topological polar surface area (TPSA) is 12.5 Å². The lowest BCUT2D eigenvalue weighted by molar-refractivity contribution is 0.320. The van der Waals surface area contributed by atoms with E-state index in [9.17, 15) is 0 Å². The van der Waals surface area contributed by atoms with Crippen LogP contribution in [0.2, 0.25) is 0 Å². The van der Waals surface area contributed by atoms with Crippen molar-refractivity contribution in [3.63, 3.8) is 0 Å². The van der Waals surface area contributed by atoms with Gasteiger partial charge in [-0.2, -0.15) is 0 Å². The smallest absolute Gasteiger partial charge is 0.0892 e. The summed E-state index contributed by atoms with van der Waals surface area (Å²) in [5.74, 6) is 0. The van der Waals surface area contributed by atoms with Crippen molar-refractivity contribution < 1.29 is 4.74 Å². The van der Waals surface area contributed by atoms with Crippen molar-refractivity contribution in [1.29, 1.82) is 0 Å². The second-order valence-electron chi connectivity index (χ2n) is 10.4. The number of allylic oxidation sites excluding steroid dienone is 10. The van der Waals surface area contributed by atoms with Gasteiger partial charge < -0.3 is 4.74 Å². The number of rotatable bonds is 15. The average molecular weight is 427 g/mol. The summed E-state index contributed by atoms with van der Waals surface area (Å²) < 4.78 is 5.68. The van der Waals surface area contributed by atoms with Crippen LogP contribution in [0.15, 0.2) is 58.2 Å². The third-order valence-corrected chi connectivity index (χ3v) is 6.27. The Morgan fingerprint density at radius 2 is 0.935 bits per heavy atom. The molecule has 0 bridgehead atoms. The summed E-state index contributed by atoms with van der Waals surface area (Å²) in [5, 5.41) is 0. The molecule has 1 nitrogen and oxygen atoms in total. The minimum Gasteiger partial charge on any atom is -0.367 e. The summed E-state index contributed by atoms with van der Waals surface area (Å²) >= 11 is 0. The number of hydrogen-bond donors (Lipinski definition) is 0. The first-order chi connectivity index (χ1) is 14.6. The molecule has 1 atom stereocenters. The first-order valence-corrected chi connectivity index (χ1v) is 12.5. The minimum atomic E-state index is 0.132. The van der Waals surface area contributed by atoms with Crippen molar-refractivity contribution in [2.24, 2.45) is 0 Å². The SMILES string of the molecule is CC(C)=CCCC(C)=CCCC(C)=CCC/C=C(\C)CCC=C(C)CC[C@@H]1OC1(C)C. The average Bonchev–Trinajstić information content (AvgIpc) is 3.30. The van der Waals surface area contributed by atoms with Crippen LogP contribution < -0.4 is 0 Å². The molecular formula is C30H50O. The fourth-order valence-electron chi connectivity index (χ4n) is 3.85. The second-order valence-corrected chi connectivity index (χ2v) is 10.4. The van der Waals surface area contributed by atoms with E-state index in [1.807, 2.05) is 0 Å². The normalized spacial score (nSPS) is 19.5. The monoisotopic (exact) mass is 426 g/mol. The Morgan fingerprint density at radius 3 is 1.32 bits per heavy atom. The molecule has 0 unspecified atom stereocenters. The molecule has 0 saturated carbocycles. The van der Waals surface area contributed by atoms with Gasteiger partial charge in [-0.3, -0.25) is 0 Å². The van der Waals surface area contributed by atoms with E-state index in [1.54, 1.807) is 0 Å². The summed E-state index contributed by atoms with van der Waals surface area (Å²) in [4.78, 5) is 0. The Balaban J connectivity index is 2.15. The molecule has 0 aromatic rings. The maximum absolute atomic E-state index is 5.68. The summed E-state index contributed by atoms with van der Waals surface area (Å²) in [6.45, 7) is 17.8. The summed E-state index contributed by atoms with van der Waals surface area (Å²) in [7, 11) is 0. The van der Waals surface area contributed by atoms with Gasteiger partial charge in [-0.05, 0) is 120 Å². The zero-order valence-electron chi connectivity index (χ0n) is 21.9. The van der Waals surface area contributed by atoms with Gasteiger partial charge in [-0.1, -0.05) is 58.2 Å². The van der Waals surface area contributed by atoms with Crippen LogP contribution in [0.1, 0.15) is 120 Å². The lowest BCUT2D eigenvalue weighted by Crippen LogP contribution is -2.02. The number of unbranched alkanes of at least 4 members (excludes halogenated alkanes) is 1. The van der Waals surface area contributed by atoms with Crippen molar-refractivity contribution in [3.8, 4) is 0 Å². The van der Waals surface area contributed by atoms with Gasteiger partial charge in [0.1, 0.15) is 0 Å². The highest BCUT2D eigenvalue weighted by Crippen LogP contribution is 2.38. The van der Waals surface area contributed by atoms with E-state index in [2.05, 4.69) is 85.8 Å². The highest BCUT2D eigenvalue weighted by atomic mass is 16.6. The van der Waals surface area contributed by atoms with Gasteiger partial charge in [0.2, 0.25) is 0 Å². The molecule has 1 rings (SSSR count). The fraction of sp³-hybridized carbons (Fsp3) is 0.667. The van der Waals surface area contributed by atoms with E-state index in [1.165, 1.54) is 79.2 Å². The Morgan fingerprint density at radius 1 is 0.581 bits per heavy atom. The molecule has 176 valence electrons. The molecule has 1 aliphatic rings. The van der Waals surface area contributed by atoms with Gasteiger partial charge in [-0.25, -0.2) is 0 Å². The van der Waals surface area contributed by atoms with Crippen LogP contribution in [0.4, 0.5) is 0 Å². The molecule has 0 radical (unpaired) electrons. The number of ether oxygens (including phenoxy) is 1. The van der Waals surface area contributed by atoms with E-state index < -0.39 is 0 Å². The molecular weight excluding hydrogens is 376 g/mol. The standard InChI is InChI=1S/C30H50O/c1-24(2)14-11-17-27(5)20-12-18-25(3)15-9-10-16-26(4)19-13-21-28(6)22-23-29-30(7,8)31-29/h14-16,20-21,29H,9-13,17-19,22-23H2,1-8H3/b25-15?,26-16+,27-20?,28-21?/t29-/m0/s1. The molecule has 1 fully saturated rings. The van der Waals surface area contributed by atoms with E-state index in [4.69, 9.17) is 4.74 Å². The molecule has 0 amide bonds. The third-order valence-electron chi connectivity index (χ3n) is 6.27. The lowest BCUT2D eigenvalue weighted by atomic mass is 10.0. The van der Waals surface area contributed by atoms with Gasteiger partial charge in [0.15, 0.2) is 0 Å². The van der Waals surface area contributed by atoms with E-state index in [-0.39, 0.29) is 5.60 Å². The largest absolute Gasteiger partial charge is 0.367 e.